The molecule has 0 aliphatic heterocycles. The molecule has 2 aromatic rings. The molecular weight excluding hydrogens is 288 g/mol. The number of hydrogen-bond donors (Lipinski definition) is 0. The van der Waals surface area contributed by atoms with Crippen LogP contribution in [0.1, 0.15) is 55.1 Å². The fourth-order valence-electron chi connectivity index (χ4n) is 3.35. The van der Waals surface area contributed by atoms with Crippen molar-refractivity contribution in [1.29, 1.82) is 0 Å². The molecule has 1 amide bonds. The summed E-state index contributed by atoms with van der Waals surface area (Å²) in [5.41, 5.74) is 1.60. The van der Waals surface area contributed by atoms with Crippen molar-refractivity contribution >= 4 is 5.91 Å². The molecule has 1 heterocycles. The summed E-state index contributed by atoms with van der Waals surface area (Å²) < 4.78 is 1.73. The summed E-state index contributed by atoms with van der Waals surface area (Å²) in [6, 6.07) is 10.4. The Kier molecular flexibility index (Phi) is 5.05. The van der Waals surface area contributed by atoms with Gasteiger partial charge in [-0.3, -0.25) is 4.79 Å². The van der Waals surface area contributed by atoms with Gasteiger partial charge in [-0.1, -0.05) is 54.8 Å². The number of carbonyl (C=O) groups is 1. The lowest BCUT2D eigenvalue weighted by molar-refractivity contribution is 0.0641. The highest BCUT2D eigenvalue weighted by Gasteiger charge is 2.26. The Labute approximate surface area is 137 Å². The van der Waals surface area contributed by atoms with E-state index in [0.717, 1.165) is 24.9 Å². The second-order valence-corrected chi connectivity index (χ2v) is 6.17. The molecule has 0 atom stereocenters. The van der Waals surface area contributed by atoms with Gasteiger partial charge in [-0.25, -0.2) is 4.68 Å². The van der Waals surface area contributed by atoms with Crippen LogP contribution in [0.4, 0.5) is 0 Å². The molecule has 3 rings (SSSR count). The first kappa shape index (κ1) is 15.7. The highest BCUT2D eigenvalue weighted by atomic mass is 16.2. The standard InChI is InChI=1S/C18H24N4O/c1-2-22(16-11-7-4-8-12-16)18(23)17-14-21(20-19-17)13-15-9-5-3-6-10-15/h3,5-6,9-10,14,16H,2,4,7-8,11-13H2,1H3. The predicted octanol–water partition coefficient (Wildman–Crippen LogP) is 3.12. The molecule has 1 fully saturated rings. The van der Waals surface area contributed by atoms with Crippen LogP contribution >= 0.6 is 0 Å². The van der Waals surface area contributed by atoms with E-state index in [4.69, 9.17) is 0 Å². The van der Waals surface area contributed by atoms with Crippen LogP contribution in [0.2, 0.25) is 0 Å². The molecule has 1 aliphatic carbocycles. The van der Waals surface area contributed by atoms with Crippen LogP contribution < -0.4 is 0 Å². The third-order valence-electron chi connectivity index (χ3n) is 4.56. The first-order valence-corrected chi connectivity index (χ1v) is 8.53. The zero-order valence-corrected chi connectivity index (χ0v) is 13.7. The Morgan fingerprint density at radius 3 is 2.65 bits per heavy atom. The number of nitrogens with zero attached hydrogens (tertiary/aromatic N) is 4. The van der Waals surface area contributed by atoms with E-state index in [9.17, 15) is 4.79 Å². The van der Waals surface area contributed by atoms with Gasteiger partial charge in [0.15, 0.2) is 5.69 Å². The van der Waals surface area contributed by atoms with E-state index >= 15 is 0 Å². The summed E-state index contributed by atoms with van der Waals surface area (Å²) in [6.07, 6.45) is 7.70. The molecule has 1 aromatic carbocycles. The third-order valence-corrected chi connectivity index (χ3v) is 4.56. The highest BCUT2D eigenvalue weighted by molar-refractivity contribution is 5.92. The van der Waals surface area contributed by atoms with Gasteiger partial charge in [-0.2, -0.15) is 0 Å². The van der Waals surface area contributed by atoms with Crippen molar-refractivity contribution in [3.8, 4) is 0 Å². The SMILES string of the molecule is CCN(C(=O)c1cn(Cc2ccccc2)nn1)C1CCCCC1. The van der Waals surface area contributed by atoms with Gasteiger partial charge in [0.1, 0.15) is 0 Å². The normalized spacial score (nSPS) is 15.5. The van der Waals surface area contributed by atoms with Crippen molar-refractivity contribution in [3.63, 3.8) is 0 Å². The molecule has 0 spiro atoms. The molecule has 23 heavy (non-hydrogen) atoms. The van der Waals surface area contributed by atoms with E-state index in [1.54, 1.807) is 10.9 Å². The van der Waals surface area contributed by atoms with Crippen molar-refractivity contribution in [3.05, 3.63) is 47.8 Å². The van der Waals surface area contributed by atoms with Crippen LogP contribution in [0.25, 0.3) is 0 Å². The number of hydrogen-bond acceptors (Lipinski definition) is 3. The van der Waals surface area contributed by atoms with Gasteiger partial charge in [0.05, 0.1) is 12.7 Å². The monoisotopic (exact) mass is 312 g/mol. The summed E-state index contributed by atoms with van der Waals surface area (Å²) in [7, 11) is 0. The lowest BCUT2D eigenvalue weighted by atomic mass is 9.94. The summed E-state index contributed by atoms with van der Waals surface area (Å²) >= 11 is 0. The summed E-state index contributed by atoms with van der Waals surface area (Å²) in [4.78, 5) is 14.7. The zero-order chi connectivity index (χ0) is 16.1. The smallest absolute Gasteiger partial charge is 0.276 e. The Balaban J connectivity index is 1.69. The molecular formula is C18H24N4O. The maximum absolute atomic E-state index is 12.8. The molecule has 122 valence electrons. The molecule has 1 aliphatic rings. The minimum absolute atomic E-state index is 0.0127. The van der Waals surface area contributed by atoms with Gasteiger partial charge < -0.3 is 4.90 Å². The van der Waals surface area contributed by atoms with Gasteiger partial charge in [0.2, 0.25) is 0 Å². The maximum atomic E-state index is 12.8. The van der Waals surface area contributed by atoms with E-state index in [2.05, 4.69) is 10.3 Å². The fraction of sp³-hybridized carbons (Fsp3) is 0.500. The number of carbonyl (C=O) groups excluding carboxylic acids is 1. The van der Waals surface area contributed by atoms with Crippen LogP contribution in [0.5, 0.6) is 0 Å². The topological polar surface area (TPSA) is 51.0 Å². The Hall–Kier alpha value is -2.17. The van der Waals surface area contributed by atoms with E-state index in [1.165, 1.54) is 19.3 Å². The molecule has 1 saturated carbocycles. The first-order valence-electron chi connectivity index (χ1n) is 8.53. The number of amides is 1. The number of rotatable bonds is 5. The van der Waals surface area contributed by atoms with Crippen molar-refractivity contribution in [2.75, 3.05) is 6.54 Å². The van der Waals surface area contributed by atoms with E-state index in [-0.39, 0.29) is 5.91 Å². The molecule has 0 saturated heterocycles. The number of aromatic nitrogens is 3. The largest absolute Gasteiger partial charge is 0.334 e. The summed E-state index contributed by atoms with van der Waals surface area (Å²) in [5, 5.41) is 8.21. The van der Waals surface area contributed by atoms with Gasteiger partial charge in [-0.05, 0) is 25.3 Å². The van der Waals surface area contributed by atoms with Crippen LogP contribution in [0, 0.1) is 0 Å². The molecule has 0 radical (unpaired) electrons. The zero-order valence-electron chi connectivity index (χ0n) is 13.7. The third kappa shape index (κ3) is 3.78. The molecule has 5 nitrogen and oxygen atoms in total. The quantitative estimate of drug-likeness (QED) is 0.852. The van der Waals surface area contributed by atoms with E-state index in [0.29, 0.717) is 18.3 Å². The van der Waals surface area contributed by atoms with Crippen LogP contribution in [0.3, 0.4) is 0 Å². The predicted molar refractivity (Wildman–Crippen MR) is 89.1 cm³/mol. The van der Waals surface area contributed by atoms with Crippen LogP contribution in [-0.2, 0) is 6.54 Å². The van der Waals surface area contributed by atoms with Gasteiger partial charge in [-0.15, -0.1) is 5.10 Å². The minimum atomic E-state index is 0.0127. The maximum Gasteiger partial charge on any atom is 0.276 e. The Morgan fingerprint density at radius 2 is 1.96 bits per heavy atom. The van der Waals surface area contributed by atoms with Crippen LogP contribution in [-0.4, -0.2) is 38.4 Å². The molecule has 5 heteroatoms. The lowest BCUT2D eigenvalue weighted by Gasteiger charge is -2.33. The Bertz CT molecular complexity index is 631. The minimum Gasteiger partial charge on any atom is -0.334 e. The van der Waals surface area contributed by atoms with Crippen LogP contribution in [0.15, 0.2) is 36.5 Å². The van der Waals surface area contributed by atoms with Crippen molar-refractivity contribution in [2.24, 2.45) is 0 Å². The van der Waals surface area contributed by atoms with Crippen molar-refractivity contribution < 1.29 is 4.79 Å². The summed E-state index contributed by atoms with van der Waals surface area (Å²) in [5.74, 6) is 0.0127. The lowest BCUT2D eigenvalue weighted by Crippen LogP contribution is -2.41. The van der Waals surface area contributed by atoms with E-state index < -0.39 is 0 Å². The molecule has 0 unspecified atom stereocenters. The van der Waals surface area contributed by atoms with Gasteiger partial charge >= 0.3 is 0 Å². The fourth-order valence-corrected chi connectivity index (χ4v) is 3.35. The summed E-state index contributed by atoms with van der Waals surface area (Å²) in [6.45, 7) is 3.41. The Morgan fingerprint density at radius 1 is 1.22 bits per heavy atom. The number of benzene rings is 1. The molecule has 1 aromatic heterocycles. The molecule has 0 bridgehead atoms. The second kappa shape index (κ2) is 7.40. The van der Waals surface area contributed by atoms with Gasteiger partial charge in [0.25, 0.3) is 5.91 Å². The average Bonchev–Trinajstić information content (AvgIpc) is 3.06. The second-order valence-electron chi connectivity index (χ2n) is 6.17. The van der Waals surface area contributed by atoms with Crippen molar-refractivity contribution in [2.45, 2.75) is 51.6 Å². The highest BCUT2D eigenvalue weighted by Crippen LogP contribution is 2.23. The van der Waals surface area contributed by atoms with E-state index in [1.807, 2.05) is 42.2 Å². The average molecular weight is 312 g/mol. The first-order chi connectivity index (χ1) is 11.3. The van der Waals surface area contributed by atoms with Crippen molar-refractivity contribution in [1.82, 2.24) is 19.9 Å². The molecule has 0 N–H and O–H groups in total. The van der Waals surface area contributed by atoms with Gasteiger partial charge in [0, 0.05) is 12.6 Å².